The quantitative estimate of drug-likeness (QED) is 0.427. The van der Waals surface area contributed by atoms with Gasteiger partial charge in [0.05, 0.1) is 19.8 Å². The number of ketones is 1. The van der Waals surface area contributed by atoms with Crippen LogP contribution in [0.1, 0.15) is 28.8 Å². The molecule has 9 heteroatoms. The summed E-state index contributed by atoms with van der Waals surface area (Å²) < 4.78 is 21.8. The van der Waals surface area contributed by atoms with Gasteiger partial charge in [0.2, 0.25) is 5.78 Å². The number of benzene rings is 2. The highest BCUT2D eigenvalue weighted by molar-refractivity contribution is 6.14. The van der Waals surface area contributed by atoms with Crippen molar-refractivity contribution in [2.24, 2.45) is 0 Å². The smallest absolute Gasteiger partial charge is 0.303 e. The lowest BCUT2D eigenvalue weighted by molar-refractivity contribution is -0.137. The Balaban J connectivity index is 1.65. The normalized spacial score (nSPS) is 13.3. The molecule has 0 bridgehead atoms. The largest absolute Gasteiger partial charge is 0.493 e. The highest BCUT2D eigenvalue weighted by atomic mass is 16.5. The van der Waals surface area contributed by atoms with Crippen LogP contribution in [0.15, 0.2) is 42.2 Å². The number of methoxy groups -OCH3 is 2. The molecule has 0 spiro atoms. The lowest BCUT2D eigenvalue weighted by atomic mass is 10.1. The number of nitrogens with one attached hydrogen (secondary N) is 1. The van der Waals surface area contributed by atoms with Crippen molar-refractivity contribution in [2.45, 2.75) is 12.8 Å². The molecular formula is C23H23NO8. The first-order valence-electron chi connectivity index (χ1n) is 9.83. The van der Waals surface area contributed by atoms with Gasteiger partial charge in [0.15, 0.2) is 23.9 Å². The molecule has 1 aliphatic rings. The van der Waals surface area contributed by atoms with E-state index >= 15 is 0 Å². The number of ether oxygens (including phenoxy) is 4. The molecule has 3 rings (SSSR count). The van der Waals surface area contributed by atoms with E-state index in [0.717, 1.165) is 0 Å². The maximum absolute atomic E-state index is 12.7. The second-order valence-electron chi connectivity index (χ2n) is 6.82. The van der Waals surface area contributed by atoms with Crippen molar-refractivity contribution < 1.29 is 38.4 Å². The van der Waals surface area contributed by atoms with Crippen LogP contribution in [0.5, 0.6) is 23.0 Å². The molecule has 0 aromatic heterocycles. The van der Waals surface area contributed by atoms with Crippen molar-refractivity contribution in [3.63, 3.8) is 0 Å². The number of rotatable bonds is 10. The minimum Gasteiger partial charge on any atom is -0.493 e. The van der Waals surface area contributed by atoms with E-state index in [2.05, 4.69) is 5.32 Å². The van der Waals surface area contributed by atoms with Crippen molar-refractivity contribution in [3.05, 3.63) is 53.3 Å². The molecule has 0 fully saturated rings. The zero-order valence-corrected chi connectivity index (χ0v) is 17.7. The number of carboxylic acids is 1. The SMILES string of the molecule is COc1cccc(C=C2Oc3cc(OCC(=O)NCCCC(=O)O)ccc3C2=O)c1OC. The molecule has 1 aliphatic heterocycles. The van der Waals surface area contributed by atoms with Crippen LogP contribution in [-0.2, 0) is 9.59 Å². The Bertz CT molecular complexity index is 1060. The number of Topliss-reactive ketones (excluding diaryl/α,β-unsaturated/α-hetero) is 1. The summed E-state index contributed by atoms with van der Waals surface area (Å²) in [4.78, 5) is 35.0. The Labute approximate surface area is 184 Å². The van der Waals surface area contributed by atoms with E-state index in [9.17, 15) is 14.4 Å². The summed E-state index contributed by atoms with van der Waals surface area (Å²) in [7, 11) is 3.04. The predicted octanol–water partition coefficient (Wildman–Crippen LogP) is 2.68. The Kier molecular flexibility index (Phi) is 7.33. The van der Waals surface area contributed by atoms with Crippen LogP contribution >= 0.6 is 0 Å². The first kappa shape index (κ1) is 22.7. The van der Waals surface area contributed by atoms with Crippen LogP contribution in [0.4, 0.5) is 0 Å². The van der Waals surface area contributed by atoms with Crippen LogP contribution in [-0.4, -0.2) is 50.1 Å². The van der Waals surface area contributed by atoms with Crippen LogP contribution < -0.4 is 24.3 Å². The fraction of sp³-hybridized carbons (Fsp3) is 0.261. The fourth-order valence-corrected chi connectivity index (χ4v) is 3.09. The third kappa shape index (κ3) is 5.37. The van der Waals surface area contributed by atoms with Crippen molar-refractivity contribution in [1.82, 2.24) is 5.32 Å². The Hall–Kier alpha value is -4.01. The number of carboxylic acid groups (broad SMARTS) is 1. The summed E-state index contributed by atoms with van der Waals surface area (Å²) in [5.41, 5.74) is 1.00. The van der Waals surface area contributed by atoms with Crippen LogP contribution in [0, 0.1) is 0 Å². The topological polar surface area (TPSA) is 120 Å². The Morgan fingerprint density at radius 3 is 2.69 bits per heavy atom. The number of fused-ring (bicyclic) bond motifs is 1. The highest BCUT2D eigenvalue weighted by Gasteiger charge is 2.28. The number of aliphatic carboxylic acids is 1. The molecule has 0 aliphatic carbocycles. The number of carbonyl (C=O) groups is 3. The molecule has 1 heterocycles. The van der Waals surface area contributed by atoms with E-state index in [1.54, 1.807) is 36.4 Å². The van der Waals surface area contributed by atoms with Gasteiger partial charge < -0.3 is 29.4 Å². The summed E-state index contributed by atoms with van der Waals surface area (Å²) >= 11 is 0. The zero-order chi connectivity index (χ0) is 23.1. The van der Waals surface area contributed by atoms with Gasteiger partial charge in [0, 0.05) is 24.6 Å². The first-order valence-corrected chi connectivity index (χ1v) is 9.83. The van der Waals surface area contributed by atoms with E-state index < -0.39 is 5.97 Å². The molecule has 2 N–H and O–H groups in total. The van der Waals surface area contributed by atoms with E-state index in [-0.39, 0.29) is 37.0 Å². The van der Waals surface area contributed by atoms with Gasteiger partial charge in [-0.15, -0.1) is 0 Å². The molecule has 168 valence electrons. The van der Waals surface area contributed by atoms with Gasteiger partial charge >= 0.3 is 5.97 Å². The van der Waals surface area contributed by atoms with Gasteiger partial charge in [-0.2, -0.15) is 0 Å². The van der Waals surface area contributed by atoms with Crippen molar-refractivity contribution >= 4 is 23.7 Å². The van der Waals surface area contributed by atoms with Crippen LogP contribution in [0.25, 0.3) is 6.08 Å². The number of hydrogen-bond donors (Lipinski definition) is 2. The van der Waals surface area contributed by atoms with Crippen LogP contribution in [0.3, 0.4) is 0 Å². The van der Waals surface area contributed by atoms with Gasteiger partial charge in [-0.1, -0.05) is 12.1 Å². The van der Waals surface area contributed by atoms with Crippen LogP contribution in [0.2, 0.25) is 0 Å². The monoisotopic (exact) mass is 441 g/mol. The standard InChI is InChI=1S/C23H23NO8/c1-29-17-6-3-5-14(23(17)30-2)11-19-22(28)16-9-8-15(12-18(16)32-19)31-13-20(25)24-10-4-7-21(26)27/h3,5-6,8-9,11-12H,4,7,10,13H2,1-2H3,(H,24,25)(H,26,27). The summed E-state index contributed by atoms with van der Waals surface area (Å²) in [6, 6.07) is 9.98. The molecule has 2 aromatic rings. The average molecular weight is 441 g/mol. The summed E-state index contributed by atoms with van der Waals surface area (Å²) in [5, 5.41) is 11.2. The second kappa shape index (κ2) is 10.3. The summed E-state index contributed by atoms with van der Waals surface area (Å²) in [6.07, 6.45) is 1.90. The number of amides is 1. The fourth-order valence-electron chi connectivity index (χ4n) is 3.09. The molecular weight excluding hydrogens is 418 g/mol. The number of hydrogen-bond acceptors (Lipinski definition) is 7. The third-order valence-electron chi connectivity index (χ3n) is 4.62. The number of allylic oxidation sites excluding steroid dienone is 1. The predicted molar refractivity (Wildman–Crippen MR) is 114 cm³/mol. The maximum atomic E-state index is 12.7. The first-order chi connectivity index (χ1) is 15.4. The second-order valence-corrected chi connectivity index (χ2v) is 6.82. The molecule has 2 aromatic carbocycles. The molecule has 0 saturated heterocycles. The van der Waals surface area contributed by atoms with Gasteiger partial charge in [0.25, 0.3) is 5.91 Å². The maximum Gasteiger partial charge on any atom is 0.303 e. The van der Waals surface area contributed by atoms with E-state index in [1.165, 1.54) is 20.3 Å². The lowest BCUT2D eigenvalue weighted by Crippen LogP contribution is -2.29. The molecule has 32 heavy (non-hydrogen) atoms. The summed E-state index contributed by atoms with van der Waals surface area (Å²) in [6.45, 7) is 0.00168. The zero-order valence-electron chi connectivity index (χ0n) is 17.7. The molecule has 0 atom stereocenters. The number of para-hydroxylation sites is 1. The van der Waals surface area contributed by atoms with Gasteiger partial charge in [-0.05, 0) is 30.7 Å². The molecule has 1 amide bonds. The summed E-state index contributed by atoms with van der Waals surface area (Å²) in [5.74, 6) is 0.238. The van der Waals surface area contributed by atoms with Gasteiger partial charge in [-0.3, -0.25) is 14.4 Å². The van der Waals surface area contributed by atoms with Gasteiger partial charge in [0.1, 0.15) is 11.5 Å². The van der Waals surface area contributed by atoms with Gasteiger partial charge in [-0.25, -0.2) is 0 Å². The minimum absolute atomic E-state index is 0.0190. The van der Waals surface area contributed by atoms with Crippen molar-refractivity contribution in [3.8, 4) is 23.0 Å². The molecule has 9 nitrogen and oxygen atoms in total. The van der Waals surface area contributed by atoms with E-state index in [4.69, 9.17) is 24.1 Å². The molecule has 0 radical (unpaired) electrons. The Morgan fingerprint density at radius 2 is 1.97 bits per heavy atom. The lowest BCUT2D eigenvalue weighted by Gasteiger charge is -2.10. The average Bonchev–Trinajstić information content (AvgIpc) is 3.09. The Morgan fingerprint density at radius 1 is 1.16 bits per heavy atom. The highest BCUT2D eigenvalue weighted by Crippen LogP contribution is 2.37. The van der Waals surface area contributed by atoms with E-state index in [0.29, 0.717) is 40.5 Å². The number of carbonyl (C=O) groups excluding carboxylic acids is 2. The van der Waals surface area contributed by atoms with Crippen molar-refractivity contribution in [1.29, 1.82) is 0 Å². The van der Waals surface area contributed by atoms with E-state index in [1.807, 2.05) is 0 Å². The van der Waals surface area contributed by atoms with Crippen molar-refractivity contribution in [2.75, 3.05) is 27.4 Å². The molecule has 0 saturated carbocycles. The minimum atomic E-state index is -0.915. The molecule has 0 unspecified atom stereocenters. The third-order valence-corrected chi connectivity index (χ3v) is 4.62.